The van der Waals surface area contributed by atoms with Crippen molar-refractivity contribution in [3.8, 4) is 0 Å². The molecule has 3 N–H and O–H groups in total. The van der Waals surface area contributed by atoms with E-state index in [1.807, 2.05) is 6.92 Å². The predicted octanol–water partition coefficient (Wildman–Crippen LogP) is 2.72. The molecule has 0 bridgehead atoms. The molecule has 0 fully saturated rings. The lowest BCUT2D eigenvalue weighted by molar-refractivity contribution is -0.123. The SMILES string of the molecule is CCC(CC)(CN)NC(=O)CCc1c(C)nn(CC(C)C)c1C. The summed E-state index contributed by atoms with van der Waals surface area (Å²) in [6.45, 7) is 14.0. The second kappa shape index (κ2) is 8.48. The third-order valence-corrected chi connectivity index (χ3v) is 4.82. The molecule has 1 amide bonds. The number of amides is 1. The van der Waals surface area contributed by atoms with Crippen LogP contribution in [0, 0.1) is 19.8 Å². The van der Waals surface area contributed by atoms with Gasteiger partial charge in [-0.05, 0) is 44.6 Å². The molecule has 1 rings (SSSR count). The van der Waals surface area contributed by atoms with Crippen LogP contribution < -0.4 is 11.1 Å². The van der Waals surface area contributed by atoms with Gasteiger partial charge >= 0.3 is 0 Å². The average molecular weight is 322 g/mol. The zero-order chi connectivity index (χ0) is 17.6. The van der Waals surface area contributed by atoms with Crippen LogP contribution in [0.4, 0.5) is 0 Å². The fourth-order valence-corrected chi connectivity index (χ4v) is 2.98. The number of rotatable bonds is 9. The number of carbonyl (C=O) groups is 1. The van der Waals surface area contributed by atoms with Gasteiger partial charge < -0.3 is 11.1 Å². The molecule has 1 heterocycles. The molecule has 0 saturated heterocycles. The van der Waals surface area contributed by atoms with Crippen molar-refractivity contribution in [1.82, 2.24) is 15.1 Å². The minimum absolute atomic E-state index is 0.0783. The van der Waals surface area contributed by atoms with E-state index >= 15 is 0 Å². The summed E-state index contributed by atoms with van der Waals surface area (Å²) in [6.07, 6.45) is 2.93. The van der Waals surface area contributed by atoms with E-state index in [4.69, 9.17) is 5.73 Å². The first kappa shape index (κ1) is 19.7. The highest BCUT2D eigenvalue weighted by Crippen LogP contribution is 2.18. The van der Waals surface area contributed by atoms with Crippen LogP contribution in [0.3, 0.4) is 0 Å². The number of aryl methyl sites for hydroxylation is 1. The van der Waals surface area contributed by atoms with Crippen molar-refractivity contribution in [3.05, 3.63) is 17.0 Å². The Morgan fingerprint density at radius 1 is 1.30 bits per heavy atom. The molecule has 5 nitrogen and oxygen atoms in total. The van der Waals surface area contributed by atoms with Crippen molar-refractivity contribution in [2.24, 2.45) is 11.7 Å². The van der Waals surface area contributed by atoms with Crippen molar-refractivity contribution in [2.75, 3.05) is 6.54 Å². The fourth-order valence-electron chi connectivity index (χ4n) is 2.98. The summed E-state index contributed by atoms with van der Waals surface area (Å²) in [5, 5.41) is 7.75. The lowest BCUT2D eigenvalue weighted by atomic mass is 9.92. The van der Waals surface area contributed by atoms with Gasteiger partial charge in [0.2, 0.25) is 5.91 Å². The molecule has 0 saturated carbocycles. The zero-order valence-electron chi connectivity index (χ0n) is 15.7. The molecule has 0 aliphatic rings. The number of aromatic nitrogens is 2. The highest BCUT2D eigenvalue weighted by atomic mass is 16.1. The Hall–Kier alpha value is -1.36. The monoisotopic (exact) mass is 322 g/mol. The molecule has 0 radical (unpaired) electrons. The van der Waals surface area contributed by atoms with E-state index in [-0.39, 0.29) is 11.4 Å². The Balaban J connectivity index is 2.71. The van der Waals surface area contributed by atoms with Crippen molar-refractivity contribution in [3.63, 3.8) is 0 Å². The van der Waals surface area contributed by atoms with Crippen LogP contribution in [-0.2, 0) is 17.8 Å². The Labute approximate surface area is 141 Å². The van der Waals surface area contributed by atoms with Gasteiger partial charge in [-0.15, -0.1) is 0 Å². The van der Waals surface area contributed by atoms with Gasteiger partial charge in [0.05, 0.1) is 11.2 Å². The normalized spacial score (nSPS) is 12.0. The van der Waals surface area contributed by atoms with Crippen molar-refractivity contribution < 1.29 is 4.79 Å². The maximum absolute atomic E-state index is 12.3. The lowest BCUT2D eigenvalue weighted by Gasteiger charge is -2.31. The lowest BCUT2D eigenvalue weighted by Crippen LogP contribution is -2.52. The van der Waals surface area contributed by atoms with E-state index in [9.17, 15) is 4.79 Å². The summed E-state index contributed by atoms with van der Waals surface area (Å²) < 4.78 is 2.06. The Bertz CT molecular complexity index is 507. The first-order chi connectivity index (χ1) is 10.8. The maximum atomic E-state index is 12.3. The standard InChI is InChI=1S/C18H34N4O/c1-7-18(8-2,12-19)20-17(23)10-9-16-14(5)21-22(15(16)6)11-13(3)4/h13H,7-12,19H2,1-6H3,(H,20,23). The number of nitrogens with one attached hydrogen (secondary N) is 1. The summed E-state index contributed by atoms with van der Waals surface area (Å²) in [4.78, 5) is 12.3. The van der Waals surface area contributed by atoms with Gasteiger partial charge in [0.25, 0.3) is 0 Å². The van der Waals surface area contributed by atoms with Crippen LogP contribution in [0.15, 0.2) is 0 Å². The zero-order valence-corrected chi connectivity index (χ0v) is 15.7. The summed E-state index contributed by atoms with van der Waals surface area (Å²) in [5.74, 6) is 0.637. The summed E-state index contributed by atoms with van der Waals surface area (Å²) in [5.41, 5.74) is 9.01. The van der Waals surface area contributed by atoms with Crippen LogP contribution in [0.2, 0.25) is 0 Å². The first-order valence-electron chi connectivity index (χ1n) is 8.82. The average Bonchev–Trinajstić information content (AvgIpc) is 2.76. The van der Waals surface area contributed by atoms with Crippen LogP contribution >= 0.6 is 0 Å². The first-order valence-corrected chi connectivity index (χ1v) is 8.82. The molecule has 132 valence electrons. The van der Waals surface area contributed by atoms with Gasteiger partial charge in [0.1, 0.15) is 0 Å². The second-order valence-corrected chi connectivity index (χ2v) is 6.97. The van der Waals surface area contributed by atoms with E-state index < -0.39 is 0 Å². The third-order valence-electron chi connectivity index (χ3n) is 4.82. The highest BCUT2D eigenvalue weighted by molar-refractivity contribution is 5.77. The molecule has 5 heteroatoms. The van der Waals surface area contributed by atoms with Crippen molar-refractivity contribution >= 4 is 5.91 Å². The number of nitrogens with zero attached hydrogens (tertiary/aromatic N) is 2. The van der Waals surface area contributed by atoms with Gasteiger partial charge in [-0.3, -0.25) is 9.48 Å². The van der Waals surface area contributed by atoms with Gasteiger partial charge in [0.15, 0.2) is 0 Å². The van der Waals surface area contributed by atoms with Crippen molar-refractivity contribution in [1.29, 1.82) is 0 Å². The van der Waals surface area contributed by atoms with E-state index in [2.05, 4.69) is 49.7 Å². The predicted molar refractivity (Wildman–Crippen MR) is 95.4 cm³/mol. The Morgan fingerprint density at radius 3 is 2.39 bits per heavy atom. The van der Waals surface area contributed by atoms with E-state index in [0.717, 1.165) is 31.5 Å². The number of carbonyl (C=O) groups excluding carboxylic acids is 1. The molecule has 0 spiro atoms. The topological polar surface area (TPSA) is 72.9 Å². The van der Waals surface area contributed by atoms with Crippen LogP contribution in [0.5, 0.6) is 0 Å². The fraction of sp³-hybridized carbons (Fsp3) is 0.778. The molecular formula is C18H34N4O. The number of nitrogens with two attached hydrogens (primary N) is 1. The van der Waals surface area contributed by atoms with Crippen LogP contribution in [0.25, 0.3) is 0 Å². The molecule has 0 aromatic carbocycles. The maximum Gasteiger partial charge on any atom is 0.220 e. The van der Waals surface area contributed by atoms with E-state index in [0.29, 0.717) is 18.9 Å². The molecule has 1 aromatic rings. The molecule has 1 aromatic heterocycles. The molecule has 0 aliphatic heterocycles. The molecule has 0 unspecified atom stereocenters. The smallest absolute Gasteiger partial charge is 0.220 e. The minimum atomic E-state index is -0.261. The van der Waals surface area contributed by atoms with E-state index in [1.165, 1.54) is 11.3 Å². The molecule has 0 atom stereocenters. The molecule has 0 aliphatic carbocycles. The second-order valence-electron chi connectivity index (χ2n) is 6.97. The number of hydrogen-bond acceptors (Lipinski definition) is 3. The number of hydrogen-bond donors (Lipinski definition) is 2. The third kappa shape index (κ3) is 5.06. The Kier molecular flexibility index (Phi) is 7.26. The quantitative estimate of drug-likeness (QED) is 0.734. The minimum Gasteiger partial charge on any atom is -0.349 e. The van der Waals surface area contributed by atoms with Gasteiger partial charge in [-0.25, -0.2) is 0 Å². The largest absolute Gasteiger partial charge is 0.349 e. The highest BCUT2D eigenvalue weighted by Gasteiger charge is 2.26. The molecular weight excluding hydrogens is 288 g/mol. The van der Waals surface area contributed by atoms with Gasteiger partial charge in [-0.1, -0.05) is 27.7 Å². The van der Waals surface area contributed by atoms with Gasteiger partial charge in [-0.2, -0.15) is 5.10 Å². The summed E-state index contributed by atoms with van der Waals surface area (Å²) >= 11 is 0. The van der Waals surface area contributed by atoms with Crippen molar-refractivity contribution in [2.45, 2.75) is 79.3 Å². The Morgan fingerprint density at radius 2 is 1.91 bits per heavy atom. The van der Waals surface area contributed by atoms with E-state index in [1.54, 1.807) is 0 Å². The summed E-state index contributed by atoms with van der Waals surface area (Å²) in [6, 6.07) is 0. The van der Waals surface area contributed by atoms with Crippen LogP contribution in [-0.4, -0.2) is 27.8 Å². The van der Waals surface area contributed by atoms with Crippen LogP contribution in [0.1, 0.15) is 63.9 Å². The van der Waals surface area contributed by atoms with Gasteiger partial charge in [0, 0.05) is 25.2 Å². The summed E-state index contributed by atoms with van der Waals surface area (Å²) in [7, 11) is 0. The molecule has 23 heavy (non-hydrogen) atoms.